The molecule has 2 amide bonds. The first-order valence-electron chi connectivity index (χ1n) is 13.9. The number of fused-ring (bicyclic) bond motifs is 1. The highest BCUT2D eigenvalue weighted by Gasteiger charge is 2.34. The van der Waals surface area contributed by atoms with Gasteiger partial charge in [0.05, 0.1) is 11.4 Å². The Labute approximate surface area is 256 Å². The van der Waals surface area contributed by atoms with Crippen molar-refractivity contribution in [3.05, 3.63) is 88.4 Å². The number of carbonyl (C=O) groups excluding carboxylic acids is 2. The Morgan fingerprint density at radius 3 is 2.36 bits per heavy atom. The van der Waals surface area contributed by atoms with Crippen LogP contribution in [0.4, 0.5) is 5.69 Å². The number of rotatable bonds is 13. The predicted molar refractivity (Wildman–Crippen MR) is 166 cm³/mol. The Hall–Kier alpha value is -3.57. The molecule has 1 aliphatic rings. The third-order valence-corrected chi connectivity index (χ3v) is 9.37. The summed E-state index contributed by atoms with van der Waals surface area (Å²) >= 11 is 3.49. The van der Waals surface area contributed by atoms with E-state index in [4.69, 9.17) is 9.47 Å². The zero-order valence-corrected chi connectivity index (χ0v) is 26.4. The van der Waals surface area contributed by atoms with Crippen LogP contribution in [0.1, 0.15) is 38.3 Å². The van der Waals surface area contributed by atoms with Crippen LogP contribution in [0.25, 0.3) is 0 Å². The molecule has 0 unspecified atom stereocenters. The first-order valence-corrected chi connectivity index (χ1v) is 16.3. The van der Waals surface area contributed by atoms with Gasteiger partial charge in [-0.25, -0.2) is 8.42 Å². The zero-order chi connectivity index (χ0) is 30.3. The van der Waals surface area contributed by atoms with Crippen molar-refractivity contribution < 1.29 is 27.5 Å². The molecule has 1 heterocycles. The molecular weight excluding hydrogens is 622 g/mol. The van der Waals surface area contributed by atoms with E-state index in [9.17, 15) is 18.0 Å². The van der Waals surface area contributed by atoms with Crippen LogP contribution in [0.3, 0.4) is 0 Å². The zero-order valence-electron chi connectivity index (χ0n) is 24.0. The fourth-order valence-corrected chi connectivity index (χ4v) is 6.09. The lowest BCUT2D eigenvalue weighted by atomic mass is 10.0. The van der Waals surface area contributed by atoms with Gasteiger partial charge in [-0.05, 0) is 55.7 Å². The summed E-state index contributed by atoms with van der Waals surface area (Å²) in [6.07, 6.45) is 0.976. The molecule has 0 aliphatic carbocycles. The number of hydrogen-bond donors (Lipinski definition) is 1. The van der Waals surface area contributed by atoms with Crippen LogP contribution in [-0.4, -0.2) is 56.3 Å². The summed E-state index contributed by atoms with van der Waals surface area (Å²) in [5.74, 6) is -0.131. The standard InChI is InChI=1S/C31H36BrN3O6S/c1-4-22(3)33-31(37)27(17-23-10-7-6-8-11-23)34(19-24-12-9-13-25(32)16-24)30(36)20-35(42(38,39)5-2)26-14-15-28-29(18-26)41-21-40-28/h6-16,18,22,27H,4-5,17,19-21H2,1-3H3,(H,33,37)/t22-,27+/m0/s1. The van der Waals surface area contributed by atoms with Gasteiger partial charge in [0, 0.05) is 29.5 Å². The SMILES string of the molecule is CC[C@H](C)NC(=O)[C@@H](Cc1ccccc1)N(Cc1cccc(Br)c1)C(=O)CN(c1ccc2c(c1)OCO2)S(=O)(=O)CC. The Balaban J connectivity index is 1.75. The van der Waals surface area contributed by atoms with Crippen molar-refractivity contribution >= 4 is 43.5 Å². The van der Waals surface area contributed by atoms with Crippen LogP contribution in [0.5, 0.6) is 11.5 Å². The monoisotopic (exact) mass is 657 g/mol. The maximum Gasteiger partial charge on any atom is 0.244 e. The summed E-state index contributed by atoms with van der Waals surface area (Å²) < 4.78 is 39.4. The second-order valence-corrected chi connectivity index (χ2v) is 13.2. The van der Waals surface area contributed by atoms with E-state index in [2.05, 4.69) is 21.2 Å². The molecule has 3 aromatic carbocycles. The van der Waals surface area contributed by atoms with Crippen molar-refractivity contribution in [2.75, 3.05) is 23.4 Å². The topological polar surface area (TPSA) is 105 Å². The highest BCUT2D eigenvalue weighted by Crippen LogP contribution is 2.36. The quantitative estimate of drug-likeness (QED) is 0.281. The molecule has 0 aromatic heterocycles. The minimum Gasteiger partial charge on any atom is -0.454 e. The van der Waals surface area contributed by atoms with Gasteiger partial charge in [0.25, 0.3) is 0 Å². The van der Waals surface area contributed by atoms with Gasteiger partial charge in [0.15, 0.2) is 11.5 Å². The lowest BCUT2D eigenvalue weighted by Crippen LogP contribution is -2.54. The van der Waals surface area contributed by atoms with Crippen LogP contribution < -0.4 is 19.1 Å². The highest BCUT2D eigenvalue weighted by molar-refractivity contribution is 9.10. The van der Waals surface area contributed by atoms with E-state index in [-0.39, 0.29) is 43.1 Å². The first kappa shape index (κ1) is 31.4. The molecule has 4 rings (SSSR count). The van der Waals surface area contributed by atoms with Crippen LogP contribution in [0.2, 0.25) is 0 Å². The summed E-state index contributed by atoms with van der Waals surface area (Å²) in [7, 11) is -3.89. The van der Waals surface area contributed by atoms with Gasteiger partial charge in [-0.2, -0.15) is 0 Å². The molecule has 0 fully saturated rings. The Kier molecular flexibility index (Phi) is 10.5. The molecule has 3 aromatic rings. The van der Waals surface area contributed by atoms with Gasteiger partial charge in [0.1, 0.15) is 12.6 Å². The number of nitrogens with zero attached hydrogens (tertiary/aromatic N) is 2. The number of ether oxygens (including phenoxy) is 2. The number of anilines is 1. The van der Waals surface area contributed by atoms with E-state index in [1.165, 1.54) is 11.8 Å². The van der Waals surface area contributed by atoms with E-state index >= 15 is 0 Å². The molecule has 224 valence electrons. The van der Waals surface area contributed by atoms with Gasteiger partial charge in [0.2, 0.25) is 28.6 Å². The van der Waals surface area contributed by atoms with Crippen molar-refractivity contribution in [1.82, 2.24) is 10.2 Å². The van der Waals surface area contributed by atoms with Gasteiger partial charge in [-0.1, -0.05) is 65.3 Å². The van der Waals surface area contributed by atoms with E-state index in [0.29, 0.717) is 11.5 Å². The van der Waals surface area contributed by atoms with Crippen molar-refractivity contribution in [2.45, 2.75) is 52.2 Å². The summed E-state index contributed by atoms with van der Waals surface area (Å²) in [4.78, 5) is 29.5. The number of benzene rings is 3. The molecule has 0 radical (unpaired) electrons. The molecular formula is C31H36BrN3O6S. The number of amides is 2. The number of sulfonamides is 1. The maximum absolute atomic E-state index is 14.3. The lowest BCUT2D eigenvalue weighted by molar-refractivity contribution is -0.140. The summed E-state index contributed by atoms with van der Waals surface area (Å²) in [5.41, 5.74) is 1.95. The number of halogens is 1. The summed E-state index contributed by atoms with van der Waals surface area (Å²) in [5, 5.41) is 3.03. The number of nitrogens with one attached hydrogen (secondary N) is 1. The van der Waals surface area contributed by atoms with Crippen LogP contribution in [0, 0.1) is 0 Å². The van der Waals surface area contributed by atoms with Gasteiger partial charge in [-0.15, -0.1) is 0 Å². The molecule has 11 heteroatoms. The lowest BCUT2D eigenvalue weighted by Gasteiger charge is -2.34. The smallest absolute Gasteiger partial charge is 0.244 e. The predicted octanol–water partition coefficient (Wildman–Crippen LogP) is 4.89. The molecule has 0 saturated carbocycles. The van der Waals surface area contributed by atoms with E-state index < -0.39 is 28.5 Å². The third-order valence-electron chi connectivity index (χ3n) is 7.14. The Bertz CT molecular complexity index is 1500. The second kappa shape index (κ2) is 14.1. The number of carbonyl (C=O) groups is 2. The average Bonchev–Trinajstić information content (AvgIpc) is 3.46. The second-order valence-electron chi connectivity index (χ2n) is 10.1. The third kappa shape index (κ3) is 7.83. The van der Waals surface area contributed by atoms with Crippen molar-refractivity contribution in [1.29, 1.82) is 0 Å². The Morgan fingerprint density at radius 1 is 0.952 bits per heavy atom. The maximum atomic E-state index is 14.3. The minimum atomic E-state index is -3.89. The number of hydrogen-bond acceptors (Lipinski definition) is 6. The largest absolute Gasteiger partial charge is 0.454 e. The van der Waals surface area contributed by atoms with Gasteiger partial charge in [-0.3, -0.25) is 13.9 Å². The average molecular weight is 659 g/mol. The first-order chi connectivity index (χ1) is 20.1. The van der Waals surface area contributed by atoms with Gasteiger partial charge >= 0.3 is 0 Å². The van der Waals surface area contributed by atoms with Crippen LogP contribution in [0.15, 0.2) is 77.3 Å². The highest BCUT2D eigenvalue weighted by atomic mass is 79.9. The summed E-state index contributed by atoms with van der Waals surface area (Å²) in [6.45, 7) is 5.05. The minimum absolute atomic E-state index is 0.0329. The molecule has 0 saturated heterocycles. The normalized spacial score (nSPS) is 13.7. The van der Waals surface area contributed by atoms with Gasteiger partial charge < -0.3 is 19.7 Å². The van der Waals surface area contributed by atoms with E-state index in [0.717, 1.165) is 26.3 Å². The fraction of sp³-hybridized carbons (Fsp3) is 0.355. The molecule has 2 atom stereocenters. The van der Waals surface area contributed by atoms with Crippen LogP contribution >= 0.6 is 15.9 Å². The molecule has 42 heavy (non-hydrogen) atoms. The van der Waals surface area contributed by atoms with Crippen molar-refractivity contribution in [3.63, 3.8) is 0 Å². The van der Waals surface area contributed by atoms with E-state index in [1.54, 1.807) is 18.2 Å². The van der Waals surface area contributed by atoms with Crippen molar-refractivity contribution in [3.8, 4) is 11.5 Å². The molecule has 0 spiro atoms. The van der Waals surface area contributed by atoms with Crippen molar-refractivity contribution in [2.24, 2.45) is 0 Å². The molecule has 9 nitrogen and oxygen atoms in total. The molecule has 0 bridgehead atoms. The Morgan fingerprint density at radius 2 is 1.67 bits per heavy atom. The fourth-order valence-electron chi connectivity index (χ4n) is 4.59. The summed E-state index contributed by atoms with van der Waals surface area (Å²) in [6, 6.07) is 20.7. The van der Waals surface area contributed by atoms with Crippen LogP contribution in [-0.2, 0) is 32.6 Å². The van der Waals surface area contributed by atoms with E-state index in [1.807, 2.05) is 68.4 Å². The molecule has 1 aliphatic heterocycles. The molecule has 1 N–H and O–H groups in total.